The van der Waals surface area contributed by atoms with Gasteiger partial charge in [-0.05, 0) is 12.1 Å². The van der Waals surface area contributed by atoms with Crippen molar-refractivity contribution in [1.82, 2.24) is 0 Å². The third-order valence-corrected chi connectivity index (χ3v) is 5.45. The van der Waals surface area contributed by atoms with E-state index >= 15 is 0 Å². The maximum absolute atomic E-state index is 13.4. The van der Waals surface area contributed by atoms with Crippen molar-refractivity contribution in [3.63, 3.8) is 0 Å². The summed E-state index contributed by atoms with van der Waals surface area (Å²) >= 11 is 0. The van der Waals surface area contributed by atoms with E-state index in [0.717, 1.165) is 6.07 Å². The number of hydrogen-bond acceptors (Lipinski definition) is 12. The zero-order valence-electron chi connectivity index (χ0n) is 17.5. The number of fused-ring (bicyclic) bond motifs is 2. The van der Waals surface area contributed by atoms with Crippen molar-refractivity contribution < 1.29 is 54.0 Å². The topological polar surface area (TPSA) is 189 Å². The molecule has 1 aliphatic heterocycles. The first-order valence-corrected chi connectivity index (χ1v) is 9.77. The van der Waals surface area contributed by atoms with Gasteiger partial charge in [-0.2, -0.15) is 0 Å². The van der Waals surface area contributed by atoms with Gasteiger partial charge in [0.25, 0.3) is 0 Å². The number of aliphatic hydroxyl groups is 4. The number of hydrogen-bond donors (Lipinski definition) is 6. The fourth-order valence-electron chi connectivity index (χ4n) is 3.76. The summed E-state index contributed by atoms with van der Waals surface area (Å²) in [7, 11) is 2.57. The molecular formula is C21H22O12. The van der Waals surface area contributed by atoms with Gasteiger partial charge in [-0.3, -0.25) is 4.79 Å². The highest BCUT2D eigenvalue weighted by atomic mass is 16.7. The Balaban J connectivity index is 1.96. The van der Waals surface area contributed by atoms with E-state index in [-0.39, 0.29) is 39.2 Å². The van der Waals surface area contributed by atoms with Crippen molar-refractivity contribution in [2.45, 2.75) is 30.7 Å². The normalized spacial score (nSPS) is 25.3. The maximum atomic E-state index is 13.4. The van der Waals surface area contributed by atoms with E-state index in [2.05, 4.69) is 0 Å². The molecule has 1 aliphatic rings. The van der Waals surface area contributed by atoms with Gasteiger partial charge < -0.3 is 54.0 Å². The number of rotatable bonds is 5. The van der Waals surface area contributed by atoms with Gasteiger partial charge >= 0.3 is 0 Å². The third kappa shape index (κ3) is 3.57. The van der Waals surface area contributed by atoms with Crippen LogP contribution in [0, 0.1) is 0 Å². The average Bonchev–Trinajstić information content (AvgIpc) is 2.79. The van der Waals surface area contributed by atoms with E-state index in [1.165, 1.54) is 26.4 Å². The van der Waals surface area contributed by atoms with Crippen LogP contribution in [0.1, 0.15) is 0 Å². The lowest BCUT2D eigenvalue weighted by Crippen LogP contribution is -2.60. The summed E-state index contributed by atoms with van der Waals surface area (Å²) in [6.07, 6.45) is -8.04. The van der Waals surface area contributed by atoms with Crippen LogP contribution in [0.3, 0.4) is 0 Å². The van der Waals surface area contributed by atoms with Crippen LogP contribution >= 0.6 is 0 Å². The predicted octanol–water partition coefficient (Wildman–Crippen LogP) is -0.447. The molecular weight excluding hydrogens is 444 g/mol. The summed E-state index contributed by atoms with van der Waals surface area (Å²) in [6, 6.07) is 3.62. The van der Waals surface area contributed by atoms with Gasteiger partial charge in [0.2, 0.25) is 17.5 Å². The maximum Gasteiger partial charge on any atom is 0.229 e. The Kier molecular flexibility index (Phi) is 5.95. The second-order valence-electron chi connectivity index (χ2n) is 7.37. The van der Waals surface area contributed by atoms with Crippen molar-refractivity contribution >= 4 is 21.9 Å². The molecule has 2 heterocycles. The molecule has 2 aromatic carbocycles. The second kappa shape index (κ2) is 8.57. The van der Waals surface area contributed by atoms with E-state index in [1.54, 1.807) is 0 Å². The molecule has 0 amide bonds. The molecule has 0 spiro atoms. The molecule has 178 valence electrons. The molecule has 6 N–H and O–H groups in total. The zero-order chi connectivity index (χ0) is 24.0. The van der Waals surface area contributed by atoms with Gasteiger partial charge in [-0.25, -0.2) is 0 Å². The highest BCUT2D eigenvalue weighted by Crippen LogP contribution is 2.43. The standard InChI is InChI=1S/C21H22O12/c1-29-9-4-3-7(23)12-15(26)13-10(5-8(24)18(30-2)20(13)33-19(9)12)31-21-17(28)16(27)14(25)11(6-22)32-21/h3-5,11,14,16-17,21-25,27-28H,6H2,1-2H3. The molecule has 0 bridgehead atoms. The lowest BCUT2D eigenvalue weighted by atomic mass is 9.99. The number of benzene rings is 2. The van der Waals surface area contributed by atoms with Gasteiger partial charge in [-0.15, -0.1) is 0 Å². The fourth-order valence-corrected chi connectivity index (χ4v) is 3.76. The Labute approximate surface area is 185 Å². The van der Waals surface area contributed by atoms with Gasteiger partial charge in [-0.1, -0.05) is 0 Å². The molecule has 1 saturated heterocycles. The number of aromatic hydroxyl groups is 2. The molecule has 0 saturated carbocycles. The molecule has 5 atom stereocenters. The van der Waals surface area contributed by atoms with E-state index in [0.29, 0.717) is 0 Å². The summed E-state index contributed by atoms with van der Waals surface area (Å²) in [5, 5.41) is 59.9. The first kappa shape index (κ1) is 22.9. The van der Waals surface area contributed by atoms with Gasteiger partial charge in [0.15, 0.2) is 22.7 Å². The summed E-state index contributed by atoms with van der Waals surface area (Å²) in [5.74, 6) is -1.33. The highest BCUT2D eigenvalue weighted by Gasteiger charge is 2.45. The second-order valence-corrected chi connectivity index (χ2v) is 7.37. The number of phenols is 2. The first-order chi connectivity index (χ1) is 15.7. The molecule has 5 unspecified atom stereocenters. The van der Waals surface area contributed by atoms with Crippen molar-refractivity contribution in [2.75, 3.05) is 20.8 Å². The fraction of sp³-hybridized carbons (Fsp3) is 0.381. The summed E-state index contributed by atoms with van der Waals surface area (Å²) in [6.45, 7) is -0.695. The summed E-state index contributed by atoms with van der Waals surface area (Å²) in [5.41, 5.74) is -1.14. The number of methoxy groups -OCH3 is 2. The predicted molar refractivity (Wildman–Crippen MR) is 111 cm³/mol. The van der Waals surface area contributed by atoms with Crippen LogP contribution in [-0.2, 0) is 4.74 Å². The molecule has 1 fully saturated rings. The minimum Gasteiger partial charge on any atom is -0.507 e. The number of phenolic OH excluding ortho intramolecular Hbond substituents is 2. The molecule has 3 aromatic rings. The van der Waals surface area contributed by atoms with Crippen LogP contribution in [0.2, 0.25) is 0 Å². The van der Waals surface area contributed by atoms with Crippen molar-refractivity contribution in [3.8, 4) is 28.7 Å². The highest BCUT2D eigenvalue weighted by molar-refractivity contribution is 6.01. The molecule has 12 nitrogen and oxygen atoms in total. The zero-order valence-corrected chi connectivity index (χ0v) is 17.5. The number of aliphatic hydroxyl groups excluding tert-OH is 4. The largest absolute Gasteiger partial charge is 0.507 e. The summed E-state index contributed by atoms with van der Waals surface area (Å²) < 4.78 is 27.1. The lowest BCUT2D eigenvalue weighted by Gasteiger charge is -2.39. The van der Waals surface area contributed by atoms with Crippen LogP contribution in [0.15, 0.2) is 27.4 Å². The van der Waals surface area contributed by atoms with Crippen LogP contribution in [0.4, 0.5) is 0 Å². The molecule has 12 heteroatoms. The summed E-state index contributed by atoms with van der Waals surface area (Å²) in [4.78, 5) is 13.4. The molecule has 0 radical (unpaired) electrons. The smallest absolute Gasteiger partial charge is 0.229 e. The van der Waals surface area contributed by atoms with Crippen LogP contribution in [0.5, 0.6) is 28.7 Å². The Morgan fingerprint density at radius 2 is 1.64 bits per heavy atom. The van der Waals surface area contributed by atoms with Gasteiger partial charge in [0.05, 0.1) is 20.8 Å². The van der Waals surface area contributed by atoms with E-state index < -0.39 is 54.2 Å². The van der Waals surface area contributed by atoms with E-state index in [4.69, 9.17) is 23.4 Å². The lowest BCUT2D eigenvalue weighted by molar-refractivity contribution is -0.277. The average molecular weight is 466 g/mol. The Hall–Kier alpha value is -3.29. The van der Waals surface area contributed by atoms with E-state index in [9.17, 15) is 35.4 Å². The van der Waals surface area contributed by atoms with E-state index in [1.807, 2.05) is 0 Å². The monoisotopic (exact) mass is 466 g/mol. The van der Waals surface area contributed by atoms with Crippen molar-refractivity contribution in [3.05, 3.63) is 28.4 Å². The minimum absolute atomic E-state index is 0.113. The quantitative estimate of drug-likeness (QED) is 0.266. The first-order valence-electron chi connectivity index (χ1n) is 9.77. The minimum atomic E-state index is -1.77. The van der Waals surface area contributed by atoms with Crippen LogP contribution < -0.4 is 19.6 Å². The Morgan fingerprint density at radius 1 is 0.909 bits per heavy atom. The Bertz CT molecular complexity index is 1250. The van der Waals surface area contributed by atoms with Crippen LogP contribution in [-0.4, -0.2) is 82.2 Å². The van der Waals surface area contributed by atoms with Gasteiger partial charge in [0, 0.05) is 6.07 Å². The van der Waals surface area contributed by atoms with Crippen molar-refractivity contribution in [2.24, 2.45) is 0 Å². The molecule has 1 aromatic heterocycles. The molecule has 33 heavy (non-hydrogen) atoms. The van der Waals surface area contributed by atoms with Crippen LogP contribution in [0.25, 0.3) is 21.9 Å². The number of ether oxygens (including phenoxy) is 4. The Morgan fingerprint density at radius 3 is 2.27 bits per heavy atom. The SMILES string of the molecule is COc1ccc(O)c2c(=O)c3c(OC4OC(CO)C(O)C(O)C4O)cc(O)c(OC)c3oc12. The molecule has 0 aliphatic carbocycles. The van der Waals surface area contributed by atoms with Gasteiger partial charge in [0.1, 0.15) is 46.7 Å². The van der Waals surface area contributed by atoms with Crippen molar-refractivity contribution in [1.29, 1.82) is 0 Å². The third-order valence-electron chi connectivity index (χ3n) is 5.45. The molecule has 4 rings (SSSR count).